The lowest BCUT2D eigenvalue weighted by atomic mass is 10.0. The number of para-hydroxylation sites is 2. The number of nitrogen functional groups attached to an aromatic ring is 2. The molecule has 0 spiro atoms. The molecule has 6 N–H and O–H groups in total. The molecule has 0 saturated carbocycles. The topological polar surface area (TPSA) is 129 Å². The molecule has 0 bridgehead atoms. The second kappa shape index (κ2) is 7.31. The lowest BCUT2D eigenvalue weighted by Crippen LogP contribution is -2.23. The average molecular weight is 389 g/mol. The molecule has 8 heteroatoms. The van der Waals surface area contributed by atoms with Crippen LogP contribution in [0, 0.1) is 0 Å². The zero-order chi connectivity index (χ0) is 20.5. The molecule has 0 aliphatic carbocycles. The molecule has 29 heavy (non-hydrogen) atoms. The number of amidine groups is 1. The fraction of sp³-hybridized carbons (Fsp3) is 0.190. The van der Waals surface area contributed by atoms with E-state index >= 15 is 0 Å². The Hall–Kier alpha value is -3.81. The van der Waals surface area contributed by atoms with Crippen molar-refractivity contribution >= 4 is 29.0 Å². The van der Waals surface area contributed by atoms with E-state index in [2.05, 4.69) is 33.7 Å². The Morgan fingerprint density at radius 1 is 0.931 bits per heavy atom. The summed E-state index contributed by atoms with van der Waals surface area (Å²) in [6.45, 7) is 5.75. The van der Waals surface area contributed by atoms with Crippen LogP contribution in [-0.2, 0) is 0 Å². The standard InChI is InChI=1S/C21H23N7O/c1-3-28(4-2)18-11-15(26-21(24)27-18)12-9-13(22)19-17(10-12)29-16-8-6-5-7-14(16)25-20(19)23/h5-11H,3-4,22H2,1-2H3,(H2,23,25)(H2,24,26,27). The Labute approximate surface area is 169 Å². The van der Waals surface area contributed by atoms with Crippen molar-refractivity contribution in [3.8, 4) is 22.8 Å². The maximum Gasteiger partial charge on any atom is 0.222 e. The van der Waals surface area contributed by atoms with Gasteiger partial charge in [0, 0.05) is 30.4 Å². The Bertz CT molecular complexity index is 1110. The molecule has 0 saturated heterocycles. The first kappa shape index (κ1) is 18.5. The lowest BCUT2D eigenvalue weighted by molar-refractivity contribution is 0.485. The fourth-order valence-corrected chi connectivity index (χ4v) is 3.39. The molecular weight excluding hydrogens is 366 g/mol. The molecule has 0 amide bonds. The second-order valence-electron chi connectivity index (χ2n) is 6.65. The Morgan fingerprint density at radius 2 is 1.69 bits per heavy atom. The van der Waals surface area contributed by atoms with E-state index in [-0.39, 0.29) is 5.95 Å². The van der Waals surface area contributed by atoms with Crippen LogP contribution in [-0.4, -0.2) is 28.9 Å². The molecule has 0 radical (unpaired) electrons. The highest BCUT2D eigenvalue weighted by molar-refractivity contribution is 6.07. The van der Waals surface area contributed by atoms with Gasteiger partial charge in [-0.1, -0.05) is 12.1 Å². The molecule has 1 aromatic heterocycles. The molecular formula is C21H23N7O. The summed E-state index contributed by atoms with van der Waals surface area (Å²) in [5, 5.41) is 0. The van der Waals surface area contributed by atoms with Gasteiger partial charge < -0.3 is 26.8 Å². The van der Waals surface area contributed by atoms with Gasteiger partial charge in [-0.3, -0.25) is 0 Å². The van der Waals surface area contributed by atoms with Crippen LogP contribution in [0.4, 0.5) is 23.1 Å². The van der Waals surface area contributed by atoms with Crippen molar-refractivity contribution in [1.29, 1.82) is 0 Å². The van der Waals surface area contributed by atoms with Gasteiger partial charge in [0.05, 0.1) is 11.3 Å². The average Bonchev–Trinajstić information content (AvgIpc) is 2.84. The molecule has 3 aromatic rings. The van der Waals surface area contributed by atoms with Crippen LogP contribution < -0.4 is 26.8 Å². The molecule has 1 aliphatic heterocycles. The number of fused-ring (bicyclic) bond motifs is 2. The Kier molecular flexibility index (Phi) is 4.67. The van der Waals surface area contributed by atoms with E-state index in [0.717, 1.165) is 24.5 Å². The summed E-state index contributed by atoms with van der Waals surface area (Å²) in [4.78, 5) is 15.3. The van der Waals surface area contributed by atoms with Gasteiger partial charge in [-0.05, 0) is 38.1 Å². The first-order valence-corrected chi connectivity index (χ1v) is 9.45. The zero-order valence-corrected chi connectivity index (χ0v) is 16.4. The highest BCUT2D eigenvalue weighted by Gasteiger charge is 2.21. The number of hydrogen-bond donors (Lipinski definition) is 3. The molecule has 2 aromatic carbocycles. The third-order valence-corrected chi connectivity index (χ3v) is 4.83. The third kappa shape index (κ3) is 3.40. The van der Waals surface area contributed by atoms with Crippen molar-refractivity contribution in [2.75, 3.05) is 29.5 Å². The van der Waals surface area contributed by atoms with E-state index in [4.69, 9.17) is 21.9 Å². The van der Waals surface area contributed by atoms with E-state index in [1.165, 1.54) is 0 Å². The number of rotatable bonds is 4. The number of hydrogen-bond acceptors (Lipinski definition) is 8. The van der Waals surface area contributed by atoms with Crippen LogP contribution >= 0.6 is 0 Å². The normalized spacial score (nSPS) is 12.3. The molecule has 8 nitrogen and oxygen atoms in total. The molecule has 0 atom stereocenters. The molecule has 148 valence electrons. The minimum Gasteiger partial charge on any atom is -0.454 e. The summed E-state index contributed by atoms with van der Waals surface area (Å²) in [7, 11) is 0. The van der Waals surface area contributed by atoms with E-state index in [1.807, 2.05) is 36.4 Å². The first-order valence-electron chi connectivity index (χ1n) is 9.45. The molecule has 0 unspecified atom stereocenters. The smallest absolute Gasteiger partial charge is 0.222 e. The van der Waals surface area contributed by atoms with Gasteiger partial charge in [-0.15, -0.1) is 0 Å². The van der Waals surface area contributed by atoms with Crippen molar-refractivity contribution in [3.05, 3.63) is 48.0 Å². The molecule has 4 rings (SSSR count). The predicted octanol–water partition coefficient (Wildman–Crippen LogP) is 3.30. The van der Waals surface area contributed by atoms with E-state index < -0.39 is 0 Å². The SMILES string of the molecule is CCN(CC)c1cc(-c2cc(N)c3c(c2)Oc2ccccc2N=C3N)nc(N)n1. The van der Waals surface area contributed by atoms with E-state index in [0.29, 0.717) is 40.0 Å². The van der Waals surface area contributed by atoms with Gasteiger partial charge in [0.25, 0.3) is 0 Å². The van der Waals surface area contributed by atoms with Gasteiger partial charge in [-0.25, -0.2) is 9.98 Å². The number of aromatic nitrogens is 2. The Morgan fingerprint density at radius 3 is 2.45 bits per heavy atom. The fourth-order valence-electron chi connectivity index (χ4n) is 3.39. The minimum atomic E-state index is 0.199. The summed E-state index contributed by atoms with van der Waals surface area (Å²) in [5.74, 6) is 2.40. The first-order chi connectivity index (χ1) is 14.0. The Balaban J connectivity index is 1.85. The van der Waals surface area contributed by atoms with Crippen LogP contribution in [0.3, 0.4) is 0 Å². The third-order valence-electron chi connectivity index (χ3n) is 4.83. The number of aliphatic imine (C=N–C) groups is 1. The summed E-state index contributed by atoms with van der Waals surface area (Å²) in [6, 6.07) is 13.0. The number of benzene rings is 2. The number of nitrogens with zero attached hydrogens (tertiary/aromatic N) is 4. The minimum absolute atomic E-state index is 0.199. The predicted molar refractivity (Wildman–Crippen MR) is 117 cm³/mol. The van der Waals surface area contributed by atoms with Gasteiger partial charge in [0.1, 0.15) is 23.1 Å². The van der Waals surface area contributed by atoms with Crippen molar-refractivity contribution in [2.45, 2.75) is 13.8 Å². The molecule has 2 heterocycles. The number of nitrogens with two attached hydrogens (primary N) is 3. The summed E-state index contributed by atoms with van der Waals surface area (Å²) < 4.78 is 6.11. The summed E-state index contributed by atoms with van der Waals surface area (Å²) >= 11 is 0. The monoisotopic (exact) mass is 389 g/mol. The van der Waals surface area contributed by atoms with Crippen LogP contribution in [0.5, 0.6) is 11.5 Å². The van der Waals surface area contributed by atoms with Gasteiger partial charge in [0.15, 0.2) is 5.75 Å². The van der Waals surface area contributed by atoms with Crippen molar-refractivity contribution in [1.82, 2.24) is 9.97 Å². The van der Waals surface area contributed by atoms with Crippen molar-refractivity contribution in [2.24, 2.45) is 10.7 Å². The van der Waals surface area contributed by atoms with Crippen molar-refractivity contribution < 1.29 is 4.74 Å². The van der Waals surface area contributed by atoms with Gasteiger partial charge >= 0.3 is 0 Å². The van der Waals surface area contributed by atoms with Crippen molar-refractivity contribution in [3.63, 3.8) is 0 Å². The highest BCUT2D eigenvalue weighted by atomic mass is 16.5. The maximum atomic E-state index is 6.34. The van der Waals surface area contributed by atoms with Crippen LogP contribution in [0.25, 0.3) is 11.3 Å². The highest BCUT2D eigenvalue weighted by Crippen LogP contribution is 2.41. The summed E-state index contributed by atoms with van der Waals surface area (Å²) in [6.07, 6.45) is 0. The number of anilines is 3. The largest absolute Gasteiger partial charge is 0.454 e. The van der Waals surface area contributed by atoms with Gasteiger partial charge in [0.2, 0.25) is 5.95 Å². The molecule has 0 fully saturated rings. The van der Waals surface area contributed by atoms with Crippen LogP contribution in [0.15, 0.2) is 47.5 Å². The summed E-state index contributed by atoms with van der Waals surface area (Å²) in [5.41, 5.74) is 21.6. The lowest BCUT2D eigenvalue weighted by Gasteiger charge is -2.20. The number of ether oxygens (including phenoxy) is 1. The second-order valence-corrected chi connectivity index (χ2v) is 6.65. The van der Waals surface area contributed by atoms with E-state index in [1.54, 1.807) is 6.07 Å². The van der Waals surface area contributed by atoms with E-state index in [9.17, 15) is 0 Å². The van der Waals surface area contributed by atoms with Crippen LogP contribution in [0.2, 0.25) is 0 Å². The quantitative estimate of drug-likeness (QED) is 0.584. The maximum absolute atomic E-state index is 6.34. The van der Waals surface area contributed by atoms with Gasteiger partial charge in [-0.2, -0.15) is 4.98 Å². The van der Waals surface area contributed by atoms with Crippen LogP contribution in [0.1, 0.15) is 19.4 Å². The molecule has 1 aliphatic rings. The zero-order valence-electron chi connectivity index (χ0n) is 16.4.